The number of nitrogens with one attached hydrogen (secondary N) is 2. The van der Waals surface area contributed by atoms with Gasteiger partial charge in [0.25, 0.3) is 0 Å². The highest BCUT2D eigenvalue weighted by atomic mass is 32.1. The maximum atomic E-state index is 11.5. The van der Waals surface area contributed by atoms with Crippen LogP contribution in [-0.2, 0) is 4.79 Å². The van der Waals surface area contributed by atoms with Crippen molar-refractivity contribution in [2.75, 3.05) is 5.32 Å². The number of hydrogen-bond donors (Lipinski definition) is 3. The van der Waals surface area contributed by atoms with Crippen molar-refractivity contribution < 1.29 is 14.7 Å². The first-order chi connectivity index (χ1) is 7.80. The van der Waals surface area contributed by atoms with Gasteiger partial charge in [-0.15, -0.1) is 10.2 Å². The number of carbonyl (C=O) groups excluding carboxylic acids is 1. The lowest BCUT2D eigenvalue weighted by Crippen LogP contribution is -2.50. The van der Waals surface area contributed by atoms with Gasteiger partial charge in [0.2, 0.25) is 5.13 Å². The molecule has 0 saturated heterocycles. The minimum absolute atomic E-state index is 0.320. The predicted molar refractivity (Wildman–Crippen MR) is 62.9 cm³/mol. The SMILES string of the molecule is CC(C)(C)[C@H](NC(=O)Nc1nncs1)C(=O)O. The van der Waals surface area contributed by atoms with Gasteiger partial charge in [0.15, 0.2) is 0 Å². The summed E-state index contributed by atoms with van der Waals surface area (Å²) in [5.41, 5.74) is 0.887. The smallest absolute Gasteiger partial charge is 0.326 e. The lowest BCUT2D eigenvalue weighted by molar-refractivity contribution is -0.141. The number of nitrogens with zero attached hydrogens (tertiary/aromatic N) is 2. The Balaban J connectivity index is 2.62. The molecule has 0 bridgehead atoms. The second kappa shape index (κ2) is 5.09. The minimum Gasteiger partial charge on any atom is -0.480 e. The first-order valence-electron chi connectivity index (χ1n) is 4.87. The number of carboxylic acids is 1. The fraction of sp³-hybridized carbons (Fsp3) is 0.556. The van der Waals surface area contributed by atoms with Gasteiger partial charge < -0.3 is 10.4 Å². The fourth-order valence-electron chi connectivity index (χ4n) is 1.14. The van der Waals surface area contributed by atoms with Gasteiger partial charge in [-0.25, -0.2) is 9.59 Å². The second-order valence-corrected chi connectivity index (χ2v) is 5.31. The van der Waals surface area contributed by atoms with E-state index in [1.54, 1.807) is 20.8 Å². The van der Waals surface area contributed by atoms with Crippen LogP contribution in [0.5, 0.6) is 0 Å². The van der Waals surface area contributed by atoms with Crippen LogP contribution in [0, 0.1) is 5.41 Å². The Morgan fingerprint density at radius 1 is 1.47 bits per heavy atom. The molecule has 0 spiro atoms. The van der Waals surface area contributed by atoms with Gasteiger partial charge in [0.1, 0.15) is 11.6 Å². The Bertz CT molecular complexity index is 399. The monoisotopic (exact) mass is 258 g/mol. The summed E-state index contributed by atoms with van der Waals surface area (Å²) in [4.78, 5) is 22.5. The number of amides is 2. The van der Waals surface area contributed by atoms with E-state index in [-0.39, 0.29) is 0 Å². The summed E-state index contributed by atoms with van der Waals surface area (Å²) in [6.45, 7) is 5.20. The van der Waals surface area contributed by atoms with Crippen molar-refractivity contribution in [3.05, 3.63) is 5.51 Å². The van der Waals surface area contributed by atoms with E-state index in [9.17, 15) is 9.59 Å². The molecule has 0 aliphatic heterocycles. The van der Waals surface area contributed by atoms with Crippen LogP contribution in [-0.4, -0.2) is 33.3 Å². The van der Waals surface area contributed by atoms with Gasteiger partial charge >= 0.3 is 12.0 Å². The van der Waals surface area contributed by atoms with Crippen molar-refractivity contribution in [1.82, 2.24) is 15.5 Å². The third-order valence-electron chi connectivity index (χ3n) is 1.97. The maximum Gasteiger partial charge on any atom is 0.326 e. The van der Waals surface area contributed by atoms with Crippen molar-refractivity contribution in [2.45, 2.75) is 26.8 Å². The summed E-state index contributed by atoms with van der Waals surface area (Å²) in [5.74, 6) is -1.08. The van der Waals surface area contributed by atoms with Crippen LogP contribution in [0.2, 0.25) is 0 Å². The van der Waals surface area contributed by atoms with Crippen LogP contribution >= 0.6 is 11.3 Å². The van der Waals surface area contributed by atoms with E-state index in [1.165, 1.54) is 5.51 Å². The van der Waals surface area contributed by atoms with Gasteiger partial charge in [-0.05, 0) is 5.41 Å². The largest absolute Gasteiger partial charge is 0.480 e. The molecule has 0 unspecified atom stereocenters. The van der Waals surface area contributed by atoms with Gasteiger partial charge in [-0.2, -0.15) is 0 Å². The molecule has 2 amide bonds. The molecule has 1 heterocycles. The van der Waals surface area contributed by atoms with Crippen LogP contribution in [0.25, 0.3) is 0 Å². The molecule has 0 aliphatic carbocycles. The summed E-state index contributed by atoms with van der Waals surface area (Å²) >= 11 is 1.15. The predicted octanol–water partition coefficient (Wildman–Crippen LogP) is 1.16. The number of aromatic nitrogens is 2. The van der Waals surface area contributed by atoms with Crippen LogP contribution in [0.4, 0.5) is 9.93 Å². The summed E-state index contributed by atoms with van der Waals surface area (Å²) in [5, 5.41) is 21.3. The number of rotatable bonds is 3. The number of aliphatic carboxylic acids is 1. The van der Waals surface area contributed by atoms with Crippen molar-refractivity contribution in [1.29, 1.82) is 0 Å². The minimum atomic E-state index is -1.08. The second-order valence-electron chi connectivity index (χ2n) is 4.48. The van der Waals surface area contributed by atoms with E-state index in [0.29, 0.717) is 5.13 Å². The first-order valence-corrected chi connectivity index (χ1v) is 5.75. The fourth-order valence-corrected chi connectivity index (χ4v) is 1.58. The molecule has 0 fully saturated rings. The third kappa shape index (κ3) is 3.99. The average Bonchev–Trinajstić information content (AvgIpc) is 2.64. The highest BCUT2D eigenvalue weighted by molar-refractivity contribution is 7.13. The Morgan fingerprint density at radius 2 is 2.12 bits per heavy atom. The lowest BCUT2D eigenvalue weighted by Gasteiger charge is -2.27. The molecule has 0 saturated carbocycles. The molecule has 3 N–H and O–H groups in total. The summed E-state index contributed by atoms with van der Waals surface area (Å²) in [6, 6.07) is -1.58. The Morgan fingerprint density at radius 3 is 2.53 bits per heavy atom. The molecule has 1 aromatic heterocycles. The van der Waals surface area contributed by atoms with E-state index in [0.717, 1.165) is 11.3 Å². The van der Waals surface area contributed by atoms with Crippen LogP contribution in [0.15, 0.2) is 5.51 Å². The normalized spacial score (nSPS) is 12.9. The molecule has 1 rings (SSSR count). The van der Waals surface area contributed by atoms with Crippen molar-refractivity contribution in [3.8, 4) is 0 Å². The number of carboxylic acid groups (broad SMARTS) is 1. The first kappa shape index (κ1) is 13.4. The number of urea groups is 1. The van der Waals surface area contributed by atoms with E-state index < -0.39 is 23.5 Å². The Kier molecular flexibility index (Phi) is 4.00. The van der Waals surface area contributed by atoms with Gasteiger partial charge in [-0.1, -0.05) is 32.1 Å². The Hall–Kier alpha value is -1.70. The molecular formula is C9H14N4O3S. The van der Waals surface area contributed by atoms with Gasteiger partial charge in [0, 0.05) is 0 Å². The van der Waals surface area contributed by atoms with Crippen LogP contribution in [0.1, 0.15) is 20.8 Å². The summed E-state index contributed by atoms with van der Waals surface area (Å²) < 4.78 is 0. The Labute approximate surface area is 102 Å². The molecule has 94 valence electrons. The molecule has 0 aromatic carbocycles. The zero-order chi connectivity index (χ0) is 13.1. The maximum absolute atomic E-state index is 11.5. The lowest BCUT2D eigenvalue weighted by atomic mass is 9.87. The highest BCUT2D eigenvalue weighted by Gasteiger charge is 2.32. The standard InChI is InChI=1S/C9H14N4O3S/c1-9(2,3)5(6(14)15)11-7(16)12-8-13-10-4-17-8/h4-5H,1-3H3,(H,14,15)(H2,11,12,13,16)/t5-/m1/s1. The molecule has 0 radical (unpaired) electrons. The molecule has 7 nitrogen and oxygen atoms in total. The molecular weight excluding hydrogens is 244 g/mol. The van der Waals surface area contributed by atoms with Crippen LogP contribution < -0.4 is 10.6 Å². The number of anilines is 1. The van der Waals surface area contributed by atoms with Gasteiger partial charge in [0.05, 0.1) is 0 Å². The molecule has 0 aliphatic rings. The molecule has 1 aromatic rings. The van der Waals surface area contributed by atoms with Crippen molar-refractivity contribution in [3.63, 3.8) is 0 Å². The topological polar surface area (TPSA) is 104 Å². The molecule has 1 atom stereocenters. The highest BCUT2D eigenvalue weighted by Crippen LogP contribution is 2.19. The van der Waals surface area contributed by atoms with Crippen LogP contribution in [0.3, 0.4) is 0 Å². The van der Waals surface area contributed by atoms with E-state index >= 15 is 0 Å². The summed E-state index contributed by atoms with van der Waals surface area (Å²) in [6.07, 6.45) is 0. The summed E-state index contributed by atoms with van der Waals surface area (Å²) in [7, 11) is 0. The van der Waals surface area contributed by atoms with E-state index in [1.807, 2.05) is 0 Å². The van der Waals surface area contributed by atoms with Crippen molar-refractivity contribution in [2.24, 2.45) is 5.41 Å². The zero-order valence-electron chi connectivity index (χ0n) is 9.72. The van der Waals surface area contributed by atoms with Gasteiger partial charge in [-0.3, -0.25) is 5.32 Å². The average molecular weight is 258 g/mol. The zero-order valence-corrected chi connectivity index (χ0v) is 10.5. The third-order valence-corrected chi connectivity index (χ3v) is 2.58. The quantitative estimate of drug-likeness (QED) is 0.754. The van der Waals surface area contributed by atoms with E-state index in [2.05, 4.69) is 20.8 Å². The van der Waals surface area contributed by atoms with Crippen molar-refractivity contribution >= 4 is 28.5 Å². The number of carbonyl (C=O) groups is 2. The van der Waals surface area contributed by atoms with E-state index in [4.69, 9.17) is 5.11 Å². The molecule has 8 heteroatoms. The molecule has 17 heavy (non-hydrogen) atoms. The number of hydrogen-bond acceptors (Lipinski definition) is 5.